The molecule has 144 valence electrons. The molecule has 0 saturated heterocycles. The normalized spacial score (nSPS) is 11.2. The van der Waals surface area contributed by atoms with Crippen LogP contribution in [0.5, 0.6) is 0 Å². The molecule has 6 heteroatoms. The van der Waals surface area contributed by atoms with Gasteiger partial charge in [-0.05, 0) is 43.3 Å². The zero-order chi connectivity index (χ0) is 20.6. The van der Waals surface area contributed by atoms with Gasteiger partial charge in [0.05, 0.1) is 11.1 Å². The molecule has 3 rings (SSSR count). The molecule has 29 heavy (non-hydrogen) atoms. The Labute approximate surface area is 173 Å². The van der Waals surface area contributed by atoms with Crippen LogP contribution >= 0.6 is 11.8 Å². The van der Waals surface area contributed by atoms with Gasteiger partial charge < -0.3 is 10.1 Å². The summed E-state index contributed by atoms with van der Waals surface area (Å²) in [5.41, 5.74) is 1.49. The number of rotatable bonds is 6. The monoisotopic (exact) mass is 402 g/mol. The Balaban J connectivity index is 1.73. The van der Waals surface area contributed by atoms with Crippen LogP contribution in [0.2, 0.25) is 0 Å². The number of carbonyl (C=O) groups is 2. The van der Waals surface area contributed by atoms with Crippen molar-refractivity contribution >= 4 is 29.3 Å². The van der Waals surface area contributed by atoms with Gasteiger partial charge in [-0.15, -0.1) is 0 Å². The predicted octanol–water partition coefficient (Wildman–Crippen LogP) is 4.89. The van der Waals surface area contributed by atoms with E-state index in [2.05, 4.69) is 11.4 Å². The van der Waals surface area contributed by atoms with E-state index >= 15 is 0 Å². The molecule has 0 aliphatic rings. The summed E-state index contributed by atoms with van der Waals surface area (Å²) in [6.07, 6.45) is -0.966. The van der Waals surface area contributed by atoms with E-state index in [1.807, 2.05) is 18.2 Å². The minimum atomic E-state index is -0.966. The van der Waals surface area contributed by atoms with E-state index in [4.69, 9.17) is 4.74 Å². The summed E-state index contributed by atoms with van der Waals surface area (Å²) >= 11 is 1.31. The first-order valence-corrected chi connectivity index (χ1v) is 9.73. The summed E-state index contributed by atoms with van der Waals surface area (Å²) in [5, 5.41) is 12.0. The summed E-state index contributed by atoms with van der Waals surface area (Å²) in [4.78, 5) is 26.4. The van der Waals surface area contributed by atoms with Crippen LogP contribution in [0.4, 0.5) is 5.69 Å². The average Bonchev–Trinajstić information content (AvgIpc) is 2.75. The Morgan fingerprint density at radius 2 is 1.55 bits per heavy atom. The number of amides is 1. The molecule has 0 heterocycles. The Kier molecular flexibility index (Phi) is 6.67. The Morgan fingerprint density at radius 1 is 0.931 bits per heavy atom. The topological polar surface area (TPSA) is 79.2 Å². The van der Waals surface area contributed by atoms with Crippen molar-refractivity contribution in [3.05, 3.63) is 90.0 Å². The van der Waals surface area contributed by atoms with Gasteiger partial charge in [0.1, 0.15) is 6.07 Å². The Morgan fingerprint density at radius 3 is 2.28 bits per heavy atom. The van der Waals surface area contributed by atoms with Crippen molar-refractivity contribution < 1.29 is 14.3 Å². The third kappa shape index (κ3) is 5.24. The molecule has 1 amide bonds. The first-order chi connectivity index (χ1) is 14.1. The van der Waals surface area contributed by atoms with Gasteiger partial charge in [-0.2, -0.15) is 5.26 Å². The van der Waals surface area contributed by atoms with E-state index in [1.165, 1.54) is 18.7 Å². The molecule has 0 aliphatic carbocycles. The molecule has 1 atom stereocenters. The molecule has 3 aromatic rings. The average molecular weight is 402 g/mol. The lowest BCUT2D eigenvalue weighted by Crippen LogP contribution is -2.30. The molecule has 0 spiro atoms. The fraction of sp³-hybridized carbons (Fsp3) is 0.0870. The molecule has 3 aromatic carbocycles. The van der Waals surface area contributed by atoms with Crippen LogP contribution in [-0.2, 0) is 9.53 Å². The van der Waals surface area contributed by atoms with Crippen molar-refractivity contribution in [3.63, 3.8) is 0 Å². The lowest BCUT2D eigenvalue weighted by Gasteiger charge is -2.15. The maximum Gasteiger partial charge on any atom is 0.340 e. The number of hydrogen-bond acceptors (Lipinski definition) is 5. The number of benzene rings is 3. The summed E-state index contributed by atoms with van der Waals surface area (Å²) in [6.45, 7) is 1.52. The van der Waals surface area contributed by atoms with E-state index in [1.54, 1.807) is 60.7 Å². The second kappa shape index (κ2) is 9.58. The van der Waals surface area contributed by atoms with Crippen LogP contribution in [0.1, 0.15) is 22.8 Å². The lowest BCUT2D eigenvalue weighted by atomic mass is 10.2. The minimum absolute atomic E-state index is 0.338. The zero-order valence-electron chi connectivity index (χ0n) is 15.7. The second-order valence-corrected chi connectivity index (χ2v) is 7.19. The highest BCUT2D eigenvalue weighted by Gasteiger charge is 2.21. The summed E-state index contributed by atoms with van der Waals surface area (Å²) in [7, 11) is 0. The molecule has 0 unspecified atom stereocenters. The SMILES string of the molecule is C[C@H](OC(=O)c1ccccc1Sc1ccccc1C#N)C(=O)Nc1ccccc1. The molecular formula is C23H18N2O3S. The summed E-state index contributed by atoms with van der Waals surface area (Å²) < 4.78 is 5.38. The van der Waals surface area contributed by atoms with Gasteiger partial charge in [-0.1, -0.05) is 54.2 Å². The van der Waals surface area contributed by atoms with Crippen molar-refractivity contribution in [3.8, 4) is 6.07 Å². The predicted molar refractivity (Wildman–Crippen MR) is 112 cm³/mol. The van der Waals surface area contributed by atoms with Gasteiger partial charge in [0, 0.05) is 15.5 Å². The molecule has 0 bridgehead atoms. The zero-order valence-corrected chi connectivity index (χ0v) is 16.5. The second-order valence-electron chi connectivity index (χ2n) is 6.11. The fourth-order valence-electron chi connectivity index (χ4n) is 2.53. The molecular weight excluding hydrogens is 384 g/mol. The lowest BCUT2D eigenvalue weighted by molar-refractivity contribution is -0.123. The number of anilines is 1. The van der Waals surface area contributed by atoms with Crippen molar-refractivity contribution in [1.29, 1.82) is 5.26 Å². The van der Waals surface area contributed by atoms with Crippen LogP contribution in [0.25, 0.3) is 0 Å². The minimum Gasteiger partial charge on any atom is -0.449 e. The first-order valence-electron chi connectivity index (χ1n) is 8.91. The van der Waals surface area contributed by atoms with Gasteiger partial charge in [-0.25, -0.2) is 4.79 Å². The third-order valence-corrected chi connectivity index (χ3v) is 5.18. The number of ether oxygens (including phenoxy) is 1. The number of nitriles is 1. The fourth-order valence-corrected chi connectivity index (χ4v) is 3.55. The van der Waals surface area contributed by atoms with E-state index in [0.717, 1.165) is 4.90 Å². The number of esters is 1. The number of nitrogens with one attached hydrogen (secondary N) is 1. The smallest absolute Gasteiger partial charge is 0.340 e. The van der Waals surface area contributed by atoms with Crippen LogP contribution in [0.15, 0.2) is 88.7 Å². The highest BCUT2D eigenvalue weighted by molar-refractivity contribution is 7.99. The quantitative estimate of drug-likeness (QED) is 0.594. The number of para-hydroxylation sites is 1. The van der Waals surface area contributed by atoms with Crippen LogP contribution in [0.3, 0.4) is 0 Å². The van der Waals surface area contributed by atoms with Gasteiger partial charge in [0.25, 0.3) is 5.91 Å². The highest BCUT2D eigenvalue weighted by Crippen LogP contribution is 2.33. The maximum absolute atomic E-state index is 12.7. The number of hydrogen-bond donors (Lipinski definition) is 1. The standard InChI is InChI=1S/C23H18N2O3S/c1-16(22(26)25-18-10-3-2-4-11-18)28-23(27)19-12-6-8-14-21(19)29-20-13-7-5-9-17(20)15-24/h2-14,16H,1H3,(H,25,26)/t16-/m0/s1. The molecule has 1 N–H and O–H groups in total. The molecule has 0 aliphatic heterocycles. The van der Waals surface area contributed by atoms with Crippen LogP contribution in [0, 0.1) is 11.3 Å². The molecule has 0 radical (unpaired) electrons. The van der Waals surface area contributed by atoms with E-state index < -0.39 is 18.0 Å². The van der Waals surface area contributed by atoms with Crippen molar-refractivity contribution in [2.24, 2.45) is 0 Å². The van der Waals surface area contributed by atoms with Crippen molar-refractivity contribution in [2.75, 3.05) is 5.32 Å². The largest absolute Gasteiger partial charge is 0.449 e. The van der Waals surface area contributed by atoms with E-state index in [-0.39, 0.29) is 0 Å². The van der Waals surface area contributed by atoms with Gasteiger partial charge in [0.2, 0.25) is 0 Å². The number of nitrogens with zero attached hydrogens (tertiary/aromatic N) is 1. The molecule has 0 saturated carbocycles. The third-order valence-electron chi connectivity index (χ3n) is 4.03. The first kappa shape index (κ1) is 20.2. The summed E-state index contributed by atoms with van der Waals surface area (Å²) in [6, 6.07) is 25.2. The number of carbonyl (C=O) groups excluding carboxylic acids is 2. The van der Waals surface area contributed by atoms with Gasteiger partial charge in [-0.3, -0.25) is 4.79 Å². The van der Waals surface area contributed by atoms with Gasteiger partial charge >= 0.3 is 5.97 Å². The van der Waals surface area contributed by atoms with Crippen LogP contribution in [-0.4, -0.2) is 18.0 Å². The molecule has 0 aromatic heterocycles. The maximum atomic E-state index is 12.7. The highest BCUT2D eigenvalue weighted by atomic mass is 32.2. The van der Waals surface area contributed by atoms with Gasteiger partial charge in [0.15, 0.2) is 6.10 Å². The van der Waals surface area contributed by atoms with Crippen molar-refractivity contribution in [2.45, 2.75) is 22.8 Å². The summed E-state index contributed by atoms with van der Waals surface area (Å²) in [5.74, 6) is -1.01. The molecule has 0 fully saturated rings. The van der Waals surface area contributed by atoms with Crippen molar-refractivity contribution in [1.82, 2.24) is 0 Å². The molecule has 5 nitrogen and oxygen atoms in total. The van der Waals surface area contributed by atoms with E-state index in [9.17, 15) is 14.9 Å². The Bertz CT molecular complexity index is 1060. The van der Waals surface area contributed by atoms with E-state index in [0.29, 0.717) is 21.7 Å². The Hall–Kier alpha value is -3.56. The van der Waals surface area contributed by atoms with Crippen LogP contribution < -0.4 is 5.32 Å².